The molecule has 142 valence electrons. The van der Waals surface area contributed by atoms with Gasteiger partial charge in [-0.1, -0.05) is 0 Å². The molecule has 0 amide bonds. The number of alkyl halides is 6. The molecule has 2 aromatic heterocycles. The van der Waals surface area contributed by atoms with Crippen LogP contribution in [-0.2, 0) is 6.18 Å². The third kappa shape index (κ3) is 3.64. The van der Waals surface area contributed by atoms with Gasteiger partial charge in [0, 0.05) is 11.8 Å². The summed E-state index contributed by atoms with van der Waals surface area (Å²) >= 11 is 0. The van der Waals surface area contributed by atoms with Crippen LogP contribution < -0.4 is 4.74 Å². The lowest BCUT2D eigenvalue weighted by Gasteiger charge is -2.08. The van der Waals surface area contributed by atoms with Crippen molar-refractivity contribution in [2.75, 3.05) is 0 Å². The highest BCUT2D eigenvalue weighted by Crippen LogP contribution is 2.33. The van der Waals surface area contributed by atoms with Crippen LogP contribution in [-0.4, -0.2) is 32.0 Å². The summed E-state index contributed by atoms with van der Waals surface area (Å²) in [7, 11) is 0. The van der Waals surface area contributed by atoms with Gasteiger partial charge in [0.1, 0.15) is 22.7 Å². The summed E-state index contributed by atoms with van der Waals surface area (Å²) in [5.74, 6) is -2.18. The van der Waals surface area contributed by atoms with Crippen molar-refractivity contribution >= 4 is 11.6 Å². The molecule has 0 aliphatic carbocycles. The molecule has 2 heterocycles. The second kappa shape index (κ2) is 6.14. The Bertz CT molecular complexity index is 1010. The molecule has 1 N–H and O–H groups in total. The molecule has 0 unspecified atom stereocenters. The third-order valence-electron chi connectivity index (χ3n) is 3.38. The second-order valence-corrected chi connectivity index (χ2v) is 5.16. The van der Waals surface area contributed by atoms with Crippen molar-refractivity contribution in [3.8, 4) is 17.0 Å². The molecule has 3 rings (SSSR count). The summed E-state index contributed by atoms with van der Waals surface area (Å²) in [4.78, 5) is 15.2. The maximum absolute atomic E-state index is 13.1. The monoisotopic (exact) mass is 391 g/mol. The molecule has 0 fully saturated rings. The second-order valence-electron chi connectivity index (χ2n) is 5.16. The van der Waals surface area contributed by atoms with Crippen LogP contribution >= 0.6 is 0 Å². The molecule has 6 nitrogen and oxygen atoms in total. The van der Waals surface area contributed by atoms with Crippen LogP contribution in [0.25, 0.3) is 16.9 Å². The van der Waals surface area contributed by atoms with Gasteiger partial charge in [-0.05, 0) is 30.3 Å². The van der Waals surface area contributed by atoms with Gasteiger partial charge < -0.3 is 9.84 Å². The van der Waals surface area contributed by atoms with Crippen molar-refractivity contribution in [1.29, 1.82) is 0 Å². The number of hydrogen-bond acceptors (Lipinski definition) is 4. The van der Waals surface area contributed by atoms with Crippen molar-refractivity contribution in [3.05, 3.63) is 47.8 Å². The summed E-state index contributed by atoms with van der Waals surface area (Å²) in [6, 6.07) is 4.48. The van der Waals surface area contributed by atoms with Crippen molar-refractivity contribution in [2.45, 2.75) is 12.5 Å². The van der Waals surface area contributed by atoms with E-state index in [1.165, 1.54) is 0 Å². The van der Waals surface area contributed by atoms with E-state index < -0.39 is 41.2 Å². The summed E-state index contributed by atoms with van der Waals surface area (Å²) in [6.45, 7) is 0. The van der Waals surface area contributed by atoms with Crippen LogP contribution in [0, 0.1) is 0 Å². The van der Waals surface area contributed by atoms with Gasteiger partial charge in [-0.25, -0.2) is 14.3 Å². The van der Waals surface area contributed by atoms with Crippen molar-refractivity contribution in [2.24, 2.45) is 0 Å². The molecular formula is C15H7F6N3O3. The Kier molecular flexibility index (Phi) is 4.20. The van der Waals surface area contributed by atoms with Crippen molar-refractivity contribution in [3.63, 3.8) is 0 Å². The van der Waals surface area contributed by atoms with E-state index in [1.54, 1.807) is 0 Å². The largest absolute Gasteiger partial charge is 0.573 e. The number of hydrogen-bond donors (Lipinski definition) is 1. The van der Waals surface area contributed by atoms with Crippen molar-refractivity contribution in [1.82, 2.24) is 14.6 Å². The summed E-state index contributed by atoms with van der Waals surface area (Å²) in [5, 5.41) is 13.0. The van der Waals surface area contributed by atoms with Gasteiger partial charge in [0.05, 0.1) is 0 Å². The maximum Gasteiger partial charge on any atom is 0.573 e. The minimum atomic E-state index is -4.93. The summed E-state index contributed by atoms with van der Waals surface area (Å²) in [6.07, 6.45) is -8.97. The number of halogens is 6. The van der Waals surface area contributed by atoms with Gasteiger partial charge in [-0.2, -0.15) is 18.3 Å². The van der Waals surface area contributed by atoms with Gasteiger partial charge in [0.25, 0.3) is 0 Å². The molecule has 3 aromatic rings. The van der Waals surface area contributed by atoms with Crippen LogP contribution in [0.5, 0.6) is 5.75 Å². The number of ether oxygens (including phenoxy) is 1. The summed E-state index contributed by atoms with van der Waals surface area (Å²) in [5.41, 5.74) is -2.84. The van der Waals surface area contributed by atoms with E-state index >= 15 is 0 Å². The zero-order chi connectivity index (χ0) is 20.0. The predicted molar refractivity (Wildman–Crippen MR) is 77.1 cm³/mol. The average Bonchev–Trinajstić information content (AvgIpc) is 2.92. The number of carboxylic acids is 1. The van der Waals surface area contributed by atoms with Gasteiger partial charge in [-0.15, -0.1) is 13.2 Å². The number of fused-ring (bicyclic) bond motifs is 1. The fourth-order valence-electron chi connectivity index (χ4n) is 2.37. The van der Waals surface area contributed by atoms with E-state index in [2.05, 4.69) is 14.8 Å². The number of carbonyl (C=O) groups is 1. The Hall–Kier alpha value is -3.31. The molecule has 0 radical (unpaired) electrons. The normalized spacial score (nSPS) is 12.4. The van der Waals surface area contributed by atoms with Gasteiger partial charge in [-0.3, -0.25) is 0 Å². The maximum atomic E-state index is 13.1. The summed E-state index contributed by atoms with van der Waals surface area (Å²) < 4.78 is 80.0. The quantitative estimate of drug-likeness (QED) is 0.683. The fourth-order valence-corrected chi connectivity index (χ4v) is 2.37. The Morgan fingerprint density at radius 1 is 1.04 bits per heavy atom. The van der Waals surface area contributed by atoms with Crippen LogP contribution in [0.1, 0.15) is 16.1 Å². The zero-order valence-electron chi connectivity index (χ0n) is 12.8. The van der Waals surface area contributed by atoms with E-state index in [-0.39, 0.29) is 11.3 Å². The fraction of sp³-hybridized carbons (Fsp3) is 0.133. The molecule has 12 heteroatoms. The van der Waals surface area contributed by atoms with Crippen LogP contribution in [0.3, 0.4) is 0 Å². The first-order valence-electron chi connectivity index (χ1n) is 7.02. The minimum Gasteiger partial charge on any atom is -0.477 e. The van der Waals surface area contributed by atoms with Gasteiger partial charge >= 0.3 is 18.5 Å². The predicted octanol–water partition coefficient (Wildman–Crippen LogP) is 4.01. The highest BCUT2D eigenvalue weighted by atomic mass is 19.4. The number of benzene rings is 1. The molecule has 0 spiro atoms. The topological polar surface area (TPSA) is 76.7 Å². The third-order valence-corrected chi connectivity index (χ3v) is 3.38. The molecule has 0 saturated carbocycles. The Balaban J connectivity index is 2.17. The molecule has 0 bridgehead atoms. The number of carboxylic acid groups (broad SMARTS) is 1. The number of aromatic nitrogens is 3. The Morgan fingerprint density at radius 3 is 2.19 bits per heavy atom. The van der Waals surface area contributed by atoms with Crippen molar-refractivity contribution < 1.29 is 41.0 Å². The lowest BCUT2D eigenvalue weighted by Crippen LogP contribution is -2.16. The van der Waals surface area contributed by atoms with Gasteiger partial charge in [0.15, 0.2) is 5.65 Å². The zero-order valence-corrected chi connectivity index (χ0v) is 12.8. The molecule has 0 saturated heterocycles. The molecular weight excluding hydrogens is 384 g/mol. The average molecular weight is 391 g/mol. The van der Waals surface area contributed by atoms with E-state index in [0.717, 1.165) is 30.5 Å². The molecule has 27 heavy (non-hydrogen) atoms. The number of aromatic carboxylic acids is 1. The molecule has 1 aromatic carbocycles. The smallest absolute Gasteiger partial charge is 0.477 e. The van der Waals surface area contributed by atoms with Crippen LogP contribution in [0.2, 0.25) is 0 Å². The minimum absolute atomic E-state index is 0.0273. The number of rotatable bonds is 3. The van der Waals surface area contributed by atoms with Crippen LogP contribution in [0.4, 0.5) is 26.3 Å². The van der Waals surface area contributed by atoms with Crippen LogP contribution in [0.15, 0.2) is 36.5 Å². The molecule has 0 aliphatic rings. The lowest BCUT2D eigenvalue weighted by atomic mass is 10.1. The van der Waals surface area contributed by atoms with E-state index in [9.17, 15) is 36.2 Å². The standard InChI is InChI=1S/C15H7F6N3O3/c16-14(17,18)9-5-6-22-12-10(13(25)26)11(23-24(9)12)7-1-3-8(4-2-7)27-15(19,20)21/h1-6H,(H,25,26). The first-order valence-corrected chi connectivity index (χ1v) is 7.02. The first-order chi connectivity index (χ1) is 12.5. The highest BCUT2D eigenvalue weighted by molar-refractivity contribution is 6.01. The Morgan fingerprint density at radius 2 is 1.67 bits per heavy atom. The Labute approximate surface area is 145 Å². The van der Waals surface area contributed by atoms with E-state index in [4.69, 9.17) is 0 Å². The first kappa shape index (κ1) is 18.5. The molecule has 0 atom stereocenters. The highest BCUT2D eigenvalue weighted by Gasteiger charge is 2.36. The number of nitrogens with zero attached hydrogens (tertiary/aromatic N) is 3. The van der Waals surface area contributed by atoms with E-state index in [0.29, 0.717) is 10.6 Å². The van der Waals surface area contributed by atoms with Gasteiger partial charge in [0.2, 0.25) is 0 Å². The van der Waals surface area contributed by atoms with E-state index in [1.807, 2.05) is 0 Å². The lowest BCUT2D eigenvalue weighted by molar-refractivity contribution is -0.274. The molecule has 0 aliphatic heterocycles. The SMILES string of the molecule is O=C(O)c1c(-c2ccc(OC(F)(F)F)cc2)nn2c(C(F)(F)F)ccnc12.